The van der Waals surface area contributed by atoms with Crippen molar-refractivity contribution in [3.05, 3.63) is 215 Å². The Bertz CT molecular complexity index is 2530. The Morgan fingerprint density at radius 3 is 1.23 bits per heavy atom. The van der Waals surface area contributed by atoms with E-state index in [1.807, 2.05) is 36.7 Å². The molecule has 0 N–H and O–H groups in total. The standard InChI is InChI=1S/C54H57N2O3.F6P/c1-52(2,3)44-14-18-47(19-15-44)54(46-10-8-7-9-11-46,48-20-16-45(17-21-48)53(4,5)6)49-22-26-51(27-23-49)59-39-37-57-36-38-58-50-24-12-41(13-25-50)40-56-34-30-43(31-35-56)42-28-32-55-33-29-42;1-7(2,3,4,5)6/h7-35H,36-40H2,1-6H3;/q+1;-1. The number of halogens is 6. The second kappa shape index (κ2) is 19.4. The number of rotatable bonds is 15. The summed E-state index contributed by atoms with van der Waals surface area (Å²) in [5.74, 6) is 1.64. The molecule has 12 heteroatoms. The van der Waals surface area contributed by atoms with Gasteiger partial charge in [0.1, 0.15) is 24.7 Å². The van der Waals surface area contributed by atoms with Crippen LogP contribution >= 0.6 is 7.81 Å². The number of ether oxygens (including phenoxy) is 3. The molecule has 0 aliphatic heterocycles. The van der Waals surface area contributed by atoms with Crippen molar-refractivity contribution in [2.45, 2.75) is 64.3 Å². The van der Waals surface area contributed by atoms with Crippen molar-refractivity contribution in [2.24, 2.45) is 0 Å². The molecular formula is C54H57F6N2O3P. The van der Waals surface area contributed by atoms with E-state index in [9.17, 15) is 25.2 Å². The van der Waals surface area contributed by atoms with Gasteiger partial charge in [0.15, 0.2) is 18.9 Å². The maximum absolute atomic E-state index is 10.7. The van der Waals surface area contributed by atoms with E-state index in [2.05, 4.69) is 191 Å². The molecule has 66 heavy (non-hydrogen) atoms. The molecule has 7 rings (SSSR count). The molecule has 0 bridgehead atoms. The van der Waals surface area contributed by atoms with Gasteiger partial charge in [0.25, 0.3) is 0 Å². The molecule has 5 nitrogen and oxygen atoms in total. The van der Waals surface area contributed by atoms with Crippen LogP contribution in [-0.2, 0) is 27.5 Å². The van der Waals surface area contributed by atoms with E-state index in [-0.39, 0.29) is 10.8 Å². The quantitative estimate of drug-likeness (QED) is 0.0338. The summed E-state index contributed by atoms with van der Waals surface area (Å²) in [6.07, 6.45) is 7.85. The Morgan fingerprint density at radius 2 is 0.803 bits per heavy atom. The molecule has 0 amide bonds. The third-order valence-electron chi connectivity index (χ3n) is 11.0. The van der Waals surface area contributed by atoms with Crippen molar-refractivity contribution in [1.29, 1.82) is 0 Å². The van der Waals surface area contributed by atoms with Crippen LogP contribution < -0.4 is 14.0 Å². The van der Waals surface area contributed by atoms with E-state index in [1.54, 1.807) is 0 Å². The molecule has 0 aliphatic carbocycles. The zero-order valence-electron chi connectivity index (χ0n) is 38.1. The molecule has 0 radical (unpaired) electrons. The van der Waals surface area contributed by atoms with E-state index in [0.29, 0.717) is 26.4 Å². The first-order valence-corrected chi connectivity index (χ1v) is 23.7. The number of hydrogen-bond donors (Lipinski definition) is 0. The molecule has 0 saturated heterocycles. The Balaban J connectivity index is 0.000000952. The minimum absolute atomic E-state index is 0.0563. The predicted octanol–water partition coefficient (Wildman–Crippen LogP) is 14.9. The second-order valence-electron chi connectivity index (χ2n) is 18.2. The third-order valence-corrected chi connectivity index (χ3v) is 11.0. The van der Waals surface area contributed by atoms with Crippen LogP contribution in [-0.4, -0.2) is 31.4 Å². The van der Waals surface area contributed by atoms with Crippen molar-refractivity contribution in [3.63, 3.8) is 0 Å². The number of hydrogen-bond acceptors (Lipinski definition) is 4. The summed E-state index contributed by atoms with van der Waals surface area (Å²) in [7, 11) is -10.7. The normalized spacial score (nSPS) is 13.2. The van der Waals surface area contributed by atoms with E-state index in [0.717, 1.165) is 23.6 Å². The third kappa shape index (κ3) is 14.5. The zero-order chi connectivity index (χ0) is 47.7. The maximum atomic E-state index is 9.87. The van der Waals surface area contributed by atoms with Gasteiger partial charge in [-0.2, -0.15) is 0 Å². The fourth-order valence-corrected chi connectivity index (χ4v) is 7.67. The van der Waals surface area contributed by atoms with Gasteiger partial charge >= 0.3 is 33.0 Å². The molecule has 2 aromatic heterocycles. The zero-order valence-corrected chi connectivity index (χ0v) is 39.0. The van der Waals surface area contributed by atoms with Gasteiger partial charge in [0.2, 0.25) is 0 Å². The van der Waals surface area contributed by atoms with Crippen LogP contribution in [0.2, 0.25) is 0 Å². The van der Waals surface area contributed by atoms with Gasteiger partial charge in [-0.05, 0) is 104 Å². The van der Waals surface area contributed by atoms with Crippen molar-refractivity contribution in [1.82, 2.24) is 4.98 Å². The van der Waals surface area contributed by atoms with E-state index in [4.69, 9.17) is 14.2 Å². The molecule has 0 saturated carbocycles. The number of nitrogens with zero attached hydrogens (tertiary/aromatic N) is 2. The van der Waals surface area contributed by atoms with Crippen LogP contribution in [0.3, 0.4) is 0 Å². The van der Waals surface area contributed by atoms with Gasteiger partial charge in [-0.1, -0.05) is 133 Å². The van der Waals surface area contributed by atoms with E-state index in [1.165, 1.54) is 44.5 Å². The van der Waals surface area contributed by atoms with Crippen LogP contribution in [0.1, 0.15) is 80.5 Å². The fourth-order valence-electron chi connectivity index (χ4n) is 7.67. The first-order valence-electron chi connectivity index (χ1n) is 21.7. The van der Waals surface area contributed by atoms with Crippen LogP contribution in [0, 0.1) is 0 Å². The Hall–Kier alpha value is -6.03. The first-order chi connectivity index (χ1) is 30.9. The van der Waals surface area contributed by atoms with Gasteiger partial charge in [-0.25, -0.2) is 4.57 Å². The molecule has 0 unspecified atom stereocenters. The minimum atomic E-state index is -10.7. The van der Waals surface area contributed by atoms with E-state index >= 15 is 0 Å². The number of pyridine rings is 2. The van der Waals surface area contributed by atoms with E-state index < -0.39 is 13.2 Å². The van der Waals surface area contributed by atoms with Crippen molar-refractivity contribution in [2.75, 3.05) is 26.4 Å². The summed E-state index contributed by atoms with van der Waals surface area (Å²) in [6, 6.07) is 54.5. The Labute approximate surface area is 384 Å². The second-order valence-corrected chi connectivity index (χ2v) is 20.1. The molecule has 7 aromatic rings. The summed E-state index contributed by atoms with van der Waals surface area (Å²) in [6.45, 7) is 16.2. The average Bonchev–Trinajstić information content (AvgIpc) is 3.27. The summed E-state index contributed by atoms with van der Waals surface area (Å²) in [5.41, 5.74) is 10.6. The van der Waals surface area contributed by atoms with Crippen molar-refractivity contribution in [3.8, 4) is 22.6 Å². The van der Waals surface area contributed by atoms with Crippen LogP contribution in [0.5, 0.6) is 11.5 Å². The molecule has 0 aliphatic rings. The summed E-state index contributed by atoms with van der Waals surface area (Å²) in [5, 5.41) is 0. The average molecular weight is 927 g/mol. The van der Waals surface area contributed by atoms with Gasteiger partial charge in [0.05, 0.1) is 18.6 Å². The monoisotopic (exact) mass is 926 g/mol. The molecule has 5 aromatic carbocycles. The number of aromatic nitrogens is 2. The van der Waals surface area contributed by atoms with Crippen molar-refractivity contribution < 1.29 is 44.0 Å². The van der Waals surface area contributed by atoms with Gasteiger partial charge in [-0.3, -0.25) is 4.98 Å². The number of benzene rings is 5. The van der Waals surface area contributed by atoms with Crippen LogP contribution in [0.15, 0.2) is 176 Å². The fraction of sp³-hybridized carbons (Fsp3) is 0.259. The van der Waals surface area contributed by atoms with Gasteiger partial charge in [-0.15, -0.1) is 0 Å². The predicted molar refractivity (Wildman–Crippen MR) is 253 cm³/mol. The molecular weight excluding hydrogens is 870 g/mol. The first kappa shape index (κ1) is 49.4. The van der Waals surface area contributed by atoms with Crippen LogP contribution in [0.4, 0.5) is 25.2 Å². The van der Waals surface area contributed by atoms with Crippen molar-refractivity contribution >= 4 is 7.81 Å². The van der Waals surface area contributed by atoms with Gasteiger partial charge < -0.3 is 14.2 Å². The molecule has 2 heterocycles. The Morgan fingerprint density at radius 1 is 0.439 bits per heavy atom. The molecule has 0 atom stereocenters. The molecule has 0 spiro atoms. The summed E-state index contributed by atoms with van der Waals surface area (Å²) < 4.78 is 79.4. The molecule has 0 fully saturated rings. The Kier molecular flexibility index (Phi) is 14.6. The van der Waals surface area contributed by atoms with Gasteiger partial charge in [0, 0.05) is 30.1 Å². The van der Waals surface area contributed by atoms with Crippen LogP contribution in [0.25, 0.3) is 11.1 Å². The topological polar surface area (TPSA) is 44.5 Å². The SMILES string of the molecule is CC(C)(C)c1ccc(C(c2ccccc2)(c2ccc(OCCOCCOc3ccc(C[n+]4ccc(-c5ccncc5)cc4)cc3)cc2)c2ccc(C(C)(C)C)cc2)cc1.F[P-](F)(F)(F)(F)F. The molecule has 348 valence electrons. The summed E-state index contributed by atoms with van der Waals surface area (Å²) >= 11 is 0. The summed E-state index contributed by atoms with van der Waals surface area (Å²) in [4.78, 5) is 4.11.